The van der Waals surface area contributed by atoms with Crippen molar-refractivity contribution in [2.45, 2.75) is 271 Å². The van der Waals surface area contributed by atoms with E-state index in [9.17, 15) is 14.4 Å². The summed E-state index contributed by atoms with van der Waals surface area (Å²) >= 11 is 0. The molecule has 1 unspecified atom stereocenters. The van der Waals surface area contributed by atoms with Gasteiger partial charge in [0.15, 0.2) is 6.10 Å². The molecule has 0 fully saturated rings. The Kier molecular flexibility index (Phi) is 55.4. The van der Waals surface area contributed by atoms with Gasteiger partial charge >= 0.3 is 17.9 Å². The fourth-order valence-corrected chi connectivity index (χ4v) is 7.88. The van der Waals surface area contributed by atoms with Crippen LogP contribution >= 0.6 is 0 Å². The summed E-state index contributed by atoms with van der Waals surface area (Å²) in [7, 11) is 0. The van der Waals surface area contributed by atoms with Crippen molar-refractivity contribution >= 4 is 17.9 Å². The van der Waals surface area contributed by atoms with Crippen LogP contribution in [-0.4, -0.2) is 37.2 Å². The van der Waals surface area contributed by atoms with Crippen LogP contribution in [0.15, 0.2) is 109 Å². The van der Waals surface area contributed by atoms with Crippen molar-refractivity contribution in [3.63, 3.8) is 0 Å². The molecular weight excluding hydrogens is 877 g/mol. The van der Waals surface area contributed by atoms with Gasteiger partial charge in [0.05, 0.1) is 0 Å². The predicted molar refractivity (Wildman–Crippen MR) is 307 cm³/mol. The van der Waals surface area contributed by atoms with Crippen molar-refractivity contribution in [3.8, 4) is 0 Å². The molecular formula is C65H108O6. The molecule has 0 aliphatic rings. The summed E-state index contributed by atoms with van der Waals surface area (Å²) in [4.78, 5) is 38.1. The number of allylic oxidation sites excluding steroid dienone is 18. The summed E-state index contributed by atoms with van der Waals surface area (Å²) in [5.74, 6) is -0.919. The average molecular weight is 986 g/mol. The molecule has 71 heavy (non-hydrogen) atoms. The third kappa shape index (κ3) is 56.9. The molecule has 0 aromatic carbocycles. The maximum Gasteiger partial charge on any atom is 0.306 e. The molecule has 0 amide bonds. The van der Waals surface area contributed by atoms with Crippen molar-refractivity contribution in [2.75, 3.05) is 13.2 Å². The lowest BCUT2D eigenvalue weighted by molar-refractivity contribution is -0.167. The normalized spacial score (nSPS) is 12.9. The summed E-state index contributed by atoms with van der Waals surface area (Å²) in [6.07, 6.45) is 79.5. The zero-order chi connectivity index (χ0) is 51.4. The highest BCUT2D eigenvalue weighted by atomic mass is 16.6. The van der Waals surface area contributed by atoms with E-state index in [2.05, 4.69) is 130 Å². The second-order valence-electron chi connectivity index (χ2n) is 19.1. The number of ether oxygens (including phenoxy) is 3. The number of unbranched alkanes of at least 4 members (excludes halogenated alkanes) is 23. The molecule has 6 nitrogen and oxygen atoms in total. The molecule has 0 aliphatic carbocycles. The Labute approximate surface area is 438 Å². The first-order chi connectivity index (χ1) is 35.0. The number of hydrogen-bond acceptors (Lipinski definition) is 6. The third-order valence-corrected chi connectivity index (χ3v) is 12.2. The highest BCUT2D eigenvalue weighted by molar-refractivity contribution is 5.71. The van der Waals surface area contributed by atoms with Gasteiger partial charge in [-0.3, -0.25) is 14.4 Å². The van der Waals surface area contributed by atoms with Crippen molar-refractivity contribution in [1.82, 2.24) is 0 Å². The smallest absolute Gasteiger partial charge is 0.306 e. The maximum absolute atomic E-state index is 12.8. The Hall–Kier alpha value is -3.93. The first-order valence-electron chi connectivity index (χ1n) is 29.4. The highest BCUT2D eigenvalue weighted by Crippen LogP contribution is 2.15. The monoisotopic (exact) mass is 985 g/mol. The van der Waals surface area contributed by atoms with Crippen LogP contribution in [0.1, 0.15) is 265 Å². The minimum Gasteiger partial charge on any atom is -0.462 e. The number of rotatable bonds is 52. The molecule has 0 heterocycles. The van der Waals surface area contributed by atoms with Crippen LogP contribution < -0.4 is 0 Å². The minimum absolute atomic E-state index is 0.0899. The molecule has 0 N–H and O–H groups in total. The molecule has 0 aromatic heterocycles. The van der Waals surface area contributed by atoms with Gasteiger partial charge in [-0.1, -0.05) is 239 Å². The Morgan fingerprint density at radius 3 is 0.873 bits per heavy atom. The summed E-state index contributed by atoms with van der Waals surface area (Å²) in [6, 6.07) is 0. The van der Waals surface area contributed by atoms with Gasteiger partial charge < -0.3 is 14.2 Å². The van der Waals surface area contributed by atoms with Gasteiger partial charge in [-0.25, -0.2) is 0 Å². The topological polar surface area (TPSA) is 78.9 Å². The van der Waals surface area contributed by atoms with E-state index in [0.29, 0.717) is 19.3 Å². The van der Waals surface area contributed by atoms with Gasteiger partial charge in [0, 0.05) is 19.3 Å². The van der Waals surface area contributed by atoms with E-state index in [1.54, 1.807) is 0 Å². The standard InChI is InChI=1S/C65H108O6/c1-4-7-10-13-16-19-22-24-26-27-28-29-30-31-32-33-34-35-36-37-39-40-43-46-49-52-55-58-64(67)70-61-62(60-69-63(66)57-54-51-48-45-42-21-18-15-12-9-6-3)71-65(68)59-56-53-50-47-44-41-38-25-23-20-17-14-11-8-5-2/h7-8,10-11,15-20,24-26,28-29,31-32,38,62H,4-6,9,12-14,21-23,27,30,33-37,39-61H2,1-3H3/b10-7-,11-8-,18-15-,19-16-,20-17-,26-24-,29-28-,32-31-,38-25-. The molecule has 0 bridgehead atoms. The molecule has 1 atom stereocenters. The van der Waals surface area contributed by atoms with Crippen LogP contribution in [0.4, 0.5) is 0 Å². The first kappa shape index (κ1) is 67.1. The van der Waals surface area contributed by atoms with Gasteiger partial charge in [-0.05, 0) is 116 Å². The SMILES string of the molecule is CC/C=C\C/C=C\C/C=C\C/C=C\C/C=C\CCCCCCCCCCCCCC(=O)OCC(COC(=O)CCCCCCC/C=C\CCCC)OC(=O)CCCCCCC/C=C\C/C=C\C/C=C\CC. The molecule has 0 saturated heterocycles. The second kappa shape index (κ2) is 58.6. The van der Waals surface area contributed by atoms with E-state index in [1.165, 1.54) is 89.9 Å². The lowest BCUT2D eigenvalue weighted by atomic mass is 10.0. The first-order valence-corrected chi connectivity index (χ1v) is 29.4. The van der Waals surface area contributed by atoms with Crippen LogP contribution in [0.25, 0.3) is 0 Å². The maximum atomic E-state index is 12.8. The fourth-order valence-electron chi connectivity index (χ4n) is 7.88. The van der Waals surface area contributed by atoms with Gasteiger partial charge in [0.2, 0.25) is 0 Å². The number of esters is 3. The zero-order valence-electron chi connectivity index (χ0n) is 46.2. The number of hydrogen-bond donors (Lipinski definition) is 0. The third-order valence-electron chi connectivity index (χ3n) is 12.2. The van der Waals surface area contributed by atoms with Gasteiger partial charge in [0.25, 0.3) is 0 Å². The average Bonchev–Trinajstić information content (AvgIpc) is 3.37. The molecule has 0 rings (SSSR count). The van der Waals surface area contributed by atoms with Crippen molar-refractivity contribution in [3.05, 3.63) is 109 Å². The molecule has 0 aliphatic heterocycles. The molecule has 0 radical (unpaired) electrons. The largest absolute Gasteiger partial charge is 0.462 e. The Bertz CT molecular complexity index is 1460. The molecule has 0 aromatic rings. The van der Waals surface area contributed by atoms with E-state index in [4.69, 9.17) is 14.2 Å². The summed E-state index contributed by atoms with van der Waals surface area (Å²) in [6.45, 7) is 6.35. The van der Waals surface area contributed by atoms with E-state index in [0.717, 1.165) is 135 Å². The van der Waals surface area contributed by atoms with Gasteiger partial charge in [-0.15, -0.1) is 0 Å². The van der Waals surface area contributed by atoms with Gasteiger partial charge in [-0.2, -0.15) is 0 Å². The van der Waals surface area contributed by atoms with E-state index >= 15 is 0 Å². The van der Waals surface area contributed by atoms with Crippen molar-refractivity contribution in [1.29, 1.82) is 0 Å². The Balaban J connectivity index is 4.27. The van der Waals surface area contributed by atoms with Crippen LogP contribution in [-0.2, 0) is 28.6 Å². The zero-order valence-corrected chi connectivity index (χ0v) is 46.2. The van der Waals surface area contributed by atoms with Crippen LogP contribution in [0, 0.1) is 0 Å². The minimum atomic E-state index is -0.792. The predicted octanol–water partition coefficient (Wildman–Crippen LogP) is 19.9. The van der Waals surface area contributed by atoms with Crippen molar-refractivity contribution < 1.29 is 28.6 Å². The van der Waals surface area contributed by atoms with E-state index in [1.807, 2.05) is 0 Å². The number of carbonyl (C=O) groups is 3. The summed E-state index contributed by atoms with van der Waals surface area (Å²) in [5, 5.41) is 0. The number of carbonyl (C=O) groups excluding carboxylic acids is 3. The molecule has 0 spiro atoms. The Morgan fingerprint density at radius 2 is 0.549 bits per heavy atom. The fraction of sp³-hybridized carbons (Fsp3) is 0.677. The van der Waals surface area contributed by atoms with Crippen LogP contribution in [0.3, 0.4) is 0 Å². The van der Waals surface area contributed by atoms with E-state index < -0.39 is 6.10 Å². The summed E-state index contributed by atoms with van der Waals surface area (Å²) in [5.41, 5.74) is 0. The quantitative estimate of drug-likeness (QED) is 0.0261. The van der Waals surface area contributed by atoms with E-state index in [-0.39, 0.29) is 31.1 Å². The van der Waals surface area contributed by atoms with Gasteiger partial charge in [0.1, 0.15) is 13.2 Å². The summed E-state index contributed by atoms with van der Waals surface area (Å²) < 4.78 is 16.8. The molecule has 0 saturated carbocycles. The van der Waals surface area contributed by atoms with Crippen LogP contribution in [0.2, 0.25) is 0 Å². The lowest BCUT2D eigenvalue weighted by Gasteiger charge is -2.18. The highest BCUT2D eigenvalue weighted by Gasteiger charge is 2.19. The Morgan fingerprint density at radius 1 is 0.296 bits per heavy atom. The molecule has 404 valence electrons. The van der Waals surface area contributed by atoms with Crippen molar-refractivity contribution in [2.24, 2.45) is 0 Å². The van der Waals surface area contributed by atoms with Crippen LogP contribution in [0.5, 0.6) is 0 Å². The lowest BCUT2D eigenvalue weighted by Crippen LogP contribution is -2.30. The molecule has 6 heteroatoms. The second-order valence-corrected chi connectivity index (χ2v) is 19.1.